The van der Waals surface area contributed by atoms with Gasteiger partial charge in [-0.2, -0.15) is 13.2 Å². The van der Waals surface area contributed by atoms with Crippen LogP contribution in [0.25, 0.3) is 10.8 Å². The smallest absolute Gasteiger partial charge is 0.415 e. The molecule has 2 aromatic carbocycles. The van der Waals surface area contributed by atoms with Crippen LogP contribution in [0.2, 0.25) is 0 Å². The van der Waals surface area contributed by atoms with Gasteiger partial charge in [-0.15, -0.1) is 0 Å². The number of fused-ring (bicyclic) bond motifs is 1. The lowest BCUT2D eigenvalue weighted by Crippen LogP contribution is -2.48. The molecule has 1 aliphatic heterocycles. The molecule has 6 heteroatoms. The SMILES string of the molecule is CCOc1ccc2ccccc2c1CN1CCOC(C(F)(F)F)C1. The molecule has 1 heterocycles. The van der Waals surface area contributed by atoms with Crippen molar-refractivity contribution in [2.75, 3.05) is 26.3 Å². The summed E-state index contributed by atoms with van der Waals surface area (Å²) >= 11 is 0. The molecule has 130 valence electrons. The summed E-state index contributed by atoms with van der Waals surface area (Å²) in [6, 6.07) is 11.7. The molecule has 1 aliphatic rings. The molecule has 1 fully saturated rings. The zero-order chi connectivity index (χ0) is 17.2. The summed E-state index contributed by atoms with van der Waals surface area (Å²) in [4.78, 5) is 1.78. The molecular formula is C18H20F3NO2. The summed E-state index contributed by atoms with van der Waals surface area (Å²) in [5.74, 6) is 0.728. The molecule has 0 amide bonds. The van der Waals surface area contributed by atoms with Crippen molar-refractivity contribution in [1.29, 1.82) is 0 Å². The number of halogens is 3. The van der Waals surface area contributed by atoms with E-state index >= 15 is 0 Å². The Morgan fingerprint density at radius 2 is 2.00 bits per heavy atom. The molecule has 1 atom stereocenters. The number of hydrogen-bond donors (Lipinski definition) is 0. The third-order valence-electron chi connectivity index (χ3n) is 4.19. The lowest BCUT2D eigenvalue weighted by atomic mass is 10.0. The zero-order valence-electron chi connectivity index (χ0n) is 13.5. The van der Waals surface area contributed by atoms with E-state index in [0.29, 0.717) is 19.7 Å². The molecule has 1 unspecified atom stereocenters. The molecule has 0 radical (unpaired) electrons. The second-order valence-electron chi connectivity index (χ2n) is 5.83. The van der Waals surface area contributed by atoms with Gasteiger partial charge in [-0.1, -0.05) is 30.3 Å². The highest BCUT2D eigenvalue weighted by Crippen LogP contribution is 2.31. The molecule has 1 saturated heterocycles. The largest absolute Gasteiger partial charge is 0.494 e. The molecule has 0 bridgehead atoms. The quantitative estimate of drug-likeness (QED) is 0.840. The monoisotopic (exact) mass is 339 g/mol. The molecule has 0 saturated carbocycles. The predicted octanol–water partition coefficient (Wildman–Crippen LogP) is 4.00. The second-order valence-corrected chi connectivity index (χ2v) is 5.83. The zero-order valence-corrected chi connectivity index (χ0v) is 13.5. The van der Waals surface area contributed by atoms with Crippen LogP contribution in [0, 0.1) is 0 Å². The summed E-state index contributed by atoms with van der Waals surface area (Å²) in [5.41, 5.74) is 0.928. The van der Waals surface area contributed by atoms with Gasteiger partial charge in [0, 0.05) is 25.2 Å². The topological polar surface area (TPSA) is 21.7 Å². The molecule has 3 nitrogen and oxygen atoms in total. The molecule has 24 heavy (non-hydrogen) atoms. The van der Waals surface area contributed by atoms with E-state index in [-0.39, 0.29) is 13.2 Å². The van der Waals surface area contributed by atoms with Gasteiger partial charge in [0.25, 0.3) is 0 Å². The average molecular weight is 339 g/mol. The number of morpholine rings is 1. The third-order valence-corrected chi connectivity index (χ3v) is 4.19. The van der Waals surface area contributed by atoms with Crippen LogP contribution in [0.3, 0.4) is 0 Å². The number of benzene rings is 2. The Morgan fingerprint density at radius 1 is 1.21 bits per heavy atom. The normalized spacial score (nSPS) is 19.6. The Balaban J connectivity index is 1.89. The third kappa shape index (κ3) is 3.65. The summed E-state index contributed by atoms with van der Waals surface area (Å²) in [6.45, 7) is 3.22. The Bertz CT molecular complexity index is 702. The number of alkyl halides is 3. The summed E-state index contributed by atoms with van der Waals surface area (Å²) < 4.78 is 49.4. The van der Waals surface area contributed by atoms with E-state index in [9.17, 15) is 13.2 Å². The first-order chi connectivity index (χ1) is 11.5. The van der Waals surface area contributed by atoms with Crippen molar-refractivity contribution in [2.24, 2.45) is 0 Å². The van der Waals surface area contributed by atoms with Gasteiger partial charge in [-0.25, -0.2) is 0 Å². The Labute approximate surface area is 139 Å². The van der Waals surface area contributed by atoms with Crippen LogP contribution in [0.15, 0.2) is 36.4 Å². The Kier molecular flexibility index (Phi) is 4.96. The Morgan fingerprint density at radius 3 is 2.75 bits per heavy atom. The Hall–Kier alpha value is -1.79. The molecule has 3 rings (SSSR count). The van der Waals surface area contributed by atoms with E-state index in [4.69, 9.17) is 9.47 Å². The first-order valence-corrected chi connectivity index (χ1v) is 8.03. The maximum atomic E-state index is 12.9. The van der Waals surface area contributed by atoms with Gasteiger partial charge < -0.3 is 9.47 Å². The van der Waals surface area contributed by atoms with E-state index in [1.54, 1.807) is 4.90 Å². The number of nitrogens with zero attached hydrogens (tertiary/aromatic N) is 1. The number of rotatable bonds is 4. The molecule has 2 aromatic rings. The summed E-state index contributed by atoms with van der Waals surface area (Å²) in [5, 5.41) is 2.06. The van der Waals surface area contributed by atoms with E-state index in [2.05, 4.69) is 0 Å². The van der Waals surface area contributed by atoms with Crippen molar-refractivity contribution in [1.82, 2.24) is 4.90 Å². The standard InChI is InChI=1S/C18H20F3NO2/c1-2-23-16-8-7-13-5-3-4-6-14(13)15(16)11-22-9-10-24-17(12-22)18(19,20)21/h3-8,17H,2,9-12H2,1H3. The van der Waals surface area contributed by atoms with Crippen LogP contribution in [0.5, 0.6) is 5.75 Å². The fourth-order valence-electron chi connectivity index (χ4n) is 3.04. The van der Waals surface area contributed by atoms with Crippen LogP contribution in [-0.2, 0) is 11.3 Å². The minimum absolute atomic E-state index is 0.0823. The lowest BCUT2D eigenvalue weighted by molar-refractivity contribution is -0.237. The second kappa shape index (κ2) is 6.99. The fraction of sp³-hybridized carbons (Fsp3) is 0.444. The van der Waals surface area contributed by atoms with Gasteiger partial charge in [0.1, 0.15) is 5.75 Å². The van der Waals surface area contributed by atoms with Crippen molar-refractivity contribution >= 4 is 10.8 Å². The highest BCUT2D eigenvalue weighted by Gasteiger charge is 2.43. The van der Waals surface area contributed by atoms with Crippen molar-refractivity contribution in [3.63, 3.8) is 0 Å². The van der Waals surface area contributed by atoms with Gasteiger partial charge in [0.2, 0.25) is 0 Å². The fourth-order valence-corrected chi connectivity index (χ4v) is 3.04. The molecular weight excluding hydrogens is 319 g/mol. The van der Waals surface area contributed by atoms with Gasteiger partial charge in [0.15, 0.2) is 6.10 Å². The minimum Gasteiger partial charge on any atom is -0.494 e. The van der Waals surface area contributed by atoms with Gasteiger partial charge >= 0.3 is 6.18 Å². The minimum atomic E-state index is -4.33. The van der Waals surface area contributed by atoms with E-state index in [1.807, 2.05) is 43.3 Å². The molecule has 0 aromatic heterocycles. The lowest BCUT2D eigenvalue weighted by Gasteiger charge is -2.34. The molecule has 0 aliphatic carbocycles. The van der Waals surface area contributed by atoms with E-state index in [0.717, 1.165) is 22.1 Å². The molecule has 0 N–H and O–H groups in total. The van der Waals surface area contributed by atoms with Gasteiger partial charge in [-0.05, 0) is 23.8 Å². The van der Waals surface area contributed by atoms with Gasteiger partial charge in [0.05, 0.1) is 13.2 Å². The first-order valence-electron chi connectivity index (χ1n) is 8.03. The van der Waals surface area contributed by atoms with Crippen LogP contribution in [-0.4, -0.2) is 43.5 Å². The van der Waals surface area contributed by atoms with E-state index < -0.39 is 12.3 Å². The van der Waals surface area contributed by atoms with Gasteiger partial charge in [-0.3, -0.25) is 4.90 Å². The van der Waals surface area contributed by atoms with Crippen molar-refractivity contribution in [2.45, 2.75) is 25.7 Å². The summed E-state index contributed by atoms with van der Waals surface area (Å²) in [6.07, 6.45) is -6.06. The van der Waals surface area contributed by atoms with Crippen LogP contribution in [0.4, 0.5) is 13.2 Å². The van der Waals surface area contributed by atoms with Crippen molar-refractivity contribution in [3.8, 4) is 5.75 Å². The maximum absolute atomic E-state index is 12.9. The van der Waals surface area contributed by atoms with E-state index in [1.165, 1.54) is 0 Å². The number of ether oxygens (including phenoxy) is 2. The predicted molar refractivity (Wildman–Crippen MR) is 86.2 cm³/mol. The van der Waals surface area contributed by atoms with Crippen LogP contribution in [0.1, 0.15) is 12.5 Å². The molecule has 0 spiro atoms. The van der Waals surface area contributed by atoms with Crippen LogP contribution >= 0.6 is 0 Å². The van der Waals surface area contributed by atoms with Crippen molar-refractivity contribution < 1.29 is 22.6 Å². The maximum Gasteiger partial charge on any atom is 0.415 e. The van der Waals surface area contributed by atoms with Crippen molar-refractivity contribution in [3.05, 3.63) is 42.0 Å². The summed E-state index contributed by atoms with van der Waals surface area (Å²) in [7, 11) is 0. The average Bonchev–Trinajstić information content (AvgIpc) is 2.57. The van der Waals surface area contributed by atoms with Crippen LogP contribution < -0.4 is 4.74 Å². The highest BCUT2D eigenvalue weighted by molar-refractivity contribution is 5.87. The highest BCUT2D eigenvalue weighted by atomic mass is 19.4. The number of hydrogen-bond acceptors (Lipinski definition) is 3. The first kappa shape index (κ1) is 17.0.